The number of fused-ring (bicyclic) bond motifs is 5. The van der Waals surface area contributed by atoms with Crippen molar-refractivity contribution in [2.45, 2.75) is 19.3 Å². The lowest BCUT2D eigenvalue weighted by Gasteiger charge is -2.19. The fraction of sp³-hybridized carbons (Fsp3) is 0.364. The van der Waals surface area contributed by atoms with Crippen LogP contribution in [0, 0.1) is 23.7 Å². The largest absolute Gasteiger partial charge is 0.493 e. The van der Waals surface area contributed by atoms with E-state index in [1.165, 1.54) is 4.90 Å². The van der Waals surface area contributed by atoms with Crippen LogP contribution in [0.15, 0.2) is 48.5 Å². The van der Waals surface area contributed by atoms with Gasteiger partial charge in [0, 0.05) is 0 Å². The minimum Gasteiger partial charge on any atom is -0.493 e. The molecule has 0 aromatic heterocycles. The summed E-state index contributed by atoms with van der Waals surface area (Å²) in [5.41, 5.74) is 0.631. The first-order valence-electron chi connectivity index (χ1n) is 9.46. The van der Waals surface area contributed by atoms with Crippen molar-refractivity contribution in [2.75, 3.05) is 12.0 Å². The van der Waals surface area contributed by atoms with E-state index >= 15 is 0 Å². The lowest BCUT2D eigenvalue weighted by atomic mass is 9.81. The Kier molecular flexibility index (Phi) is 3.71. The summed E-state index contributed by atoms with van der Waals surface area (Å²) in [5, 5.41) is 0. The number of methoxy groups -OCH3 is 1. The zero-order chi connectivity index (χ0) is 18.5. The summed E-state index contributed by atoms with van der Waals surface area (Å²) >= 11 is 0. The van der Waals surface area contributed by atoms with Gasteiger partial charge in [0.25, 0.3) is 0 Å². The van der Waals surface area contributed by atoms with E-state index in [0.29, 0.717) is 34.8 Å². The maximum absolute atomic E-state index is 12.9. The predicted octanol–water partition coefficient (Wildman–Crippen LogP) is 4.02. The molecule has 2 amide bonds. The summed E-state index contributed by atoms with van der Waals surface area (Å²) < 4.78 is 11.2. The monoisotopic (exact) mass is 363 g/mol. The second-order valence-electron chi connectivity index (χ2n) is 7.64. The molecule has 0 N–H and O–H groups in total. The van der Waals surface area contributed by atoms with Crippen molar-refractivity contribution >= 4 is 17.5 Å². The molecule has 2 aromatic carbocycles. The summed E-state index contributed by atoms with van der Waals surface area (Å²) in [4.78, 5) is 27.2. The topological polar surface area (TPSA) is 55.8 Å². The molecule has 5 rings (SSSR count). The third-order valence-electron chi connectivity index (χ3n) is 6.32. The molecule has 3 fully saturated rings. The van der Waals surface area contributed by atoms with Crippen molar-refractivity contribution in [3.63, 3.8) is 0 Å². The molecular formula is C22H21NO4. The van der Waals surface area contributed by atoms with Crippen LogP contribution in [0.1, 0.15) is 19.3 Å². The summed E-state index contributed by atoms with van der Waals surface area (Å²) in [5.74, 6) is 2.46. The van der Waals surface area contributed by atoms with Gasteiger partial charge in [0.1, 0.15) is 5.75 Å². The highest BCUT2D eigenvalue weighted by molar-refractivity contribution is 6.22. The zero-order valence-electron chi connectivity index (χ0n) is 15.1. The van der Waals surface area contributed by atoms with Gasteiger partial charge in [-0.3, -0.25) is 14.5 Å². The van der Waals surface area contributed by atoms with Gasteiger partial charge in [0.2, 0.25) is 11.8 Å². The van der Waals surface area contributed by atoms with E-state index in [-0.39, 0.29) is 23.7 Å². The Morgan fingerprint density at radius 3 is 2.04 bits per heavy atom. The number of rotatable bonds is 4. The minimum atomic E-state index is -0.0965. The Morgan fingerprint density at radius 1 is 0.852 bits per heavy atom. The molecule has 1 heterocycles. The summed E-state index contributed by atoms with van der Waals surface area (Å²) in [6, 6.07) is 14.5. The van der Waals surface area contributed by atoms with Crippen LogP contribution in [0.25, 0.3) is 0 Å². The molecule has 27 heavy (non-hydrogen) atoms. The third kappa shape index (κ3) is 2.45. The van der Waals surface area contributed by atoms with E-state index < -0.39 is 0 Å². The third-order valence-corrected chi connectivity index (χ3v) is 6.32. The molecule has 2 saturated carbocycles. The number of hydrogen-bond acceptors (Lipinski definition) is 4. The minimum absolute atomic E-state index is 0.0180. The van der Waals surface area contributed by atoms with Crippen molar-refractivity contribution in [1.29, 1.82) is 0 Å². The number of hydrogen-bond donors (Lipinski definition) is 0. The van der Waals surface area contributed by atoms with E-state index in [9.17, 15) is 9.59 Å². The second kappa shape index (κ2) is 6.12. The van der Waals surface area contributed by atoms with Crippen molar-refractivity contribution in [3.05, 3.63) is 48.5 Å². The molecule has 3 aliphatic rings. The fourth-order valence-corrected chi connectivity index (χ4v) is 5.16. The molecule has 2 aromatic rings. The number of anilines is 1. The average Bonchev–Trinajstić information content (AvgIpc) is 3.37. The molecule has 2 aliphatic carbocycles. The molecule has 4 atom stereocenters. The van der Waals surface area contributed by atoms with Crippen molar-refractivity contribution < 1.29 is 19.1 Å². The molecule has 5 nitrogen and oxygen atoms in total. The molecule has 1 aliphatic heterocycles. The van der Waals surface area contributed by atoms with Crippen LogP contribution in [0.3, 0.4) is 0 Å². The van der Waals surface area contributed by atoms with Crippen LogP contribution in [-0.2, 0) is 9.59 Å². The van der Waals surface area contributed by atoms with E-state index in [2.05, 4.69) is 0 Å². The van der Waals surface area contributed by atoms with Crippen LogP contribution >= 0.6 is 0 Å². The molecule has 0 radical (unpaired) electrons. The normalized spacial score (nSPS) is 28.6. The highest BCUT2D eigenvalue weighted by atomic mass is 16.5. The van der Waals surface area contributed by atoms with E-state index in [4.69, 9.17) is 9.47 Å². The molecule has 2 bridgehead atoms. The number of amides is 2. The summed E-state index contributed by atoms with van der Waals surface area (Å²) in [6.45, 7) is 0. The highest BCUT2D eigenvalue weighted by Crippen LogP contribution is 2.56. The lowest BCUT2D eigenvalue weighted by Crippen LogP contribution is -2.32. The zero-order valence-corrected chi connectivity index (χ0v) is 15.1. The molecule has 5 heteroatoms. The van der Waals surface area contributed by atoms with E-state index in [0.717, 1.165) is 19.3 Å². The number of nitrogens with zero attached hydrogens (tertiary/aromatic N) is 1. The van der Waals surface area contributed by atoms with Gasteiger partial charge in [0.05, 0.1) is 24.6 Å². The Bertz CT molecular complexity index is 879. The lowest BCUT2D eigenvalue weighted by molar-refractivity contribution is -0.123. The van der Waals surface area contributed by atoms with Gasteiger partial charge in [-0.15, -0.1) is 0 Å². The number of para-hydroxylation sites is 2. The van der Waals surface area contributed by atoms with Crippen LogP contribution < -0.4 is 14.4 Å². The van der Waals surface area contributed by atoms with Crippen LogP contribution in [0.2, 0.25) is 0 Å². The Morgan fingerprint density at radius 2 is 1.44 bits per heavy atom. The molecular weight excluding hydrogens is 342 g/mol. The fourth-order valence-electron chi connectivity index (χ4n) is 5.16. The van der Waals surface area contributed by atoms with Crippen LogP contribution in [0.4, 0.5) is 5.69 Å². The number of ether oxygens (including phenoxy) is 2. The van der Waals surface area contributed by atoms with Gasteiger partial charge in [-0.2, -0.15) is 0 Å². The maximum Gasteiger partial charge on any atom is 0.237 e. The van der Waals surface area contributed by atoms with Crippen LogP contribution in [-0.4, -0.2) is 18.9 Å². The van der Waals surface area contributed by atoms with Crippen molar-refractivity contribution in [1.82, 2.24) is 0 Å². The summed E-state index contributed by atoms with van der Waals surface area (Å²) in [7, 11) is 1.60. The van der Waals surface area contributed by atoms with Crippen molar-refractivity contribution in [2.24, 2.45) is 23.7 Å². The summed E-state index contributed by atoms with van der Waals surface area (Å²) in [6.07, 6.45) is 3.22. The smallest absolute Gasteiger partial charge is 0.237 e. The van der Waals surface area contributed by atoms with Gasteiger partial charge in [-0.05, 0) is 67.5 Å². The molecule has 0 spiro atoms. The first kappa shape index (κ1) is 16.4. The SMILES string of the molecule is COc1ccccc1Oc1ccc(N2C(=O)[C@@H]3[C@H]4CC[C@H](C4)[C@@H]3C2=O)cc1. The molecule has 138 valence electrons. The number of carbonyl (C=O) groups excluding carboxylic acids is 2. The molecule has 0 unspecified atom stereocenters. The maximum atomic E-state index is 12.9. The molecule has 1 saturated heterocycles. The standard InChI is InChI=1S/C22H21NO4/c1-26-17-4-2-3-5-18(17)27-16-10-8-15(9-11-16)23-21(24)19-13-6-7-14(12-13)20(19)22(23)25/h2-5,8-11,13-14,19-20H,6-7,12H2,1H3/t13-,14+,19+,20-. The van der Waals surface area contributed by atoms with Gasteiger partial charge >= 0.3 is 0 Å². The van der Waals surface area contributed by atoms with E-state index in [1.807, 2.05) is 24.3 Å². The Balaban J connectivity index is 1.38. The van der Waals surface area contributed by atoms with Gasteiger partial charge in [0.15, 0.2) is 11.5 Å². The Hall–Kier alpha value is -2.82. The van der Waals surface area contributed by atoms with Crippen molar-refractivity contribution in [3.8, 4) is 17.2 Å². The quantitative estimate of drug-likeness (QED) is 0.770. The van der Waals surface area contributed by atoms with E-state index in [1.54, 1.807) is 31.4 Å². The van der Waals surface area contributed by atoms with Gasteiger partial charge in [-0.25, -0.2) is 0 Å². The predicted molar refractivity (Wildman–Crippen MR) is 99.8 cm³/mol. The van der Waals surface area contributed by atoms with Gasteiger partial charge in [-0.1, -0.05) is 12.1 Å². The second-order valence-corrected chi connectivity index (χ2v) is 7.64. The highest BCUT2D eigenvalue weighted by Gasteiger charge is 2.61. The number of benzene rings is 2. The number of imide groups is 1. The first-order valence-corrected chi connectivity index (χ1v) is 9.46. The Labute approximate surface area is 157 Å². The van der Waals surface area contributed by atoms with Gasteiger partial charge < -0.3 is 9.47 Å². The number of carbonyl (C=O) groups is 2. The average molecular weight is 363 g/mol. The van der Waals surface area contributed by atoms with Crippen LogP contribution in [0.5, 0.6) is 17.2 Å². The first-order chi connectivity index (χ1) is 13.2.